The SMILES string of the molecule is COCC(CCO)NC(C(C)C)C1CC1. The zero-order valence-corrected chi connectivity index (χ0v) is 10.2. The number of nitrogens with one attached hydrogen (secondary N) is 1. The van der Waals surface area contributed by atoms with Gasteiger partial charge in [0.1, 0.15) is 0 Å². The van der Waals surface area contributed by atoms with E-state index in [2.05, 4.69) is 19.2 Å². The molecule has 0 spiro atoms. The van der Waals surface area contributed by atoms with Crippen LogP contribution in [0.5, 0.6) is 0 Å². The zero-order valence-electron chi connectivity index (χ0n) is 10.2. The van der Waals surface area contributed by atoms with Gasteiger partial charge in [-0.05, 0) is 31.1 Å². The summed E-state index contributed by atoms with van der Waals surface area (Å²) in [6, 6.07) is 0.893. The molecule has 2 atom stereocenters. The van der Waals surface area contributed by atoms with E-state index in [-0.39, 0.29) is 6.61 Å². The molecule has 1 fully saturated rings. The summed E-state index contributed by atoms with van der Waals surface area (Å²) < 4.78 is 5.16. The number of hydrogen-bond donors (Lipinski definition) is 2. The number of aliphatic hydroxyl groups is 1. The van der Waals surface area contributed by atoms with Crippen LogP contribution in [0, 0.1) is 11.8 Å². The molecule has 2 N–H and O–H groups in total. The highest BCUT2D eigenvalue weighted by Crippen LogP contribution is 2.35. The van der Waals surface area contributed by atoms with E-state index in [1.165, 1.54) is 12.8 Å². The van der Waals surface area contributed by atoms with E-state index >= 15 is 0 Å². The van der Waals surface area contributed by atoms with Crippen LogP contribution in [0.3, 0.4) is 0 Å². The Morgan fingerprint density at radius 1 is 1.40 bits per heavy atom. The molecule has 0 bridgehead atoms. The lowest BCUT2D eigenvalue weighted by molar-refractivity contribution is 0.134. The molecule has 1 rings (SSSR count). The molecule has 0 heterocycles. The van der Waals surface area contributed by atoms with Crippen LogP contribution in [-0.4, -0.2) is 37.5 Å². The van der Waals surface area contributed by atoms with Gasteiger partial charge < -0.3 is 15.2 Å². The maximum absolute atomic E-state index is 8.97. The van der Waals surface area contributed by atoms with Gasteiger partial charge in [0.05, 0.1) is 6.61 Å². The summed E-state index contributed by atoms with van der Waals surface area (Å²) in [5.74, 6) is 1.51. The molecule has 0 aromatic rings. The Balaban J connectivity index is 2.38. The highest BCUT2D eigenvalue weighted by atomic mass is 16.5. The maximum atomic E-state index is 8.97. The molecular formula is C12H25NO2. The smallest absolute Gasteiger partial charge is 0.0616 e. The van der Waals surface area contributed by atoms with E-state index in [1.807, 2.05) is 0 Å². The molecule has 3 heteroatoms. The molecule has 0 aromatic heterocycles. The molecular weight excluding hydrogens is 190 g/mol. The van der Waals surface area contributed by atoms with Crippen molar-refractivity contribution in [1.82, 2.24) is 5.32 Å². The average Bonchev–Trinajstić information content (AvgIpc) is 2.97. The number of methoxy groups -OCH3 is 1. The van der Waals surface area contributed by atoms with Crippen molar-refractivity contribution in [2.45, 2.75) is 45.2 Å². The van der Waals surface area contributed by atoms with E-state index in [9.17, 15) is 0 Å². The van der Waals surface area contributed by atoms with E-state index in [0.717, 1.165) is 12.3 Å². The van der Waals surface area contributed by atoms with Gasteiger partial charge >= 0.3 is 0 Å². The number of aliphatic hydroxyl groups excluding tert-OH is 1. The van der Waals surface area contributed by atoms with Crippen LogP contribution in [0.1, 0.15) is 33.1 Å². The van der Waals surface area contributed by atoms with Crippen molar-refractivity contribution in [3.63, 3.8) is 0 Å². The first-order valence-corrected chi connectivity index (χ1v) is 6.04. The lowest BCUT2D eigenvalue weighted by atomic mass is 9.98. The first kappa shape index (κ1) is 12.9. The molecule has 0 amide bonds. The third-order valence-corrected chi connectivity index (χ3v) is 3.12. The summed E-state index contributed by atoms with van der Waals surface area (Å²) in [4.78, 5) is 0. The van der Waals surface area contributed by atoms with Crippen LogP contribution in [0.2, 0.25) is 0 Å². The van der Waals surface area contributed by atoms with E-state index in [1.54, 1.807) is 7.11 Å². The normalized spacial score (nSPS) is 20.6. The van der Waals surface area contributed by atoms with Crippen LogP contribution in [0.25, 0.3) is 0 Å². The molecule has 3 nitrogen and oxygen atoms in total. The zero-order chi connectivity index (χ0) is 11.3. The Labute approximate surface area is 93.2 Å². The summed E-state index contributed by atoms with van der Waals surface area (Å²) >= 11 is 0. The average molecular weight is 215 g/mol. The van der Waals surface area contributed by atoms with Gasteiger partial charge in [-0.3, -0.25) is 0 Å². The predicted octanol–water partition coefficient (Wildman–Crippen LogP) is 1.41. The number of hydrogen-bond acceptors (Lipinski definition) is 3. The van der Waals surface area contributed by atoms with Gasteiger partial charge in [0.25, 0.3) is 0 Å². The number of ether oxygens (including phenoxy) is 1. The molecule has 0 saturated heterocycles. The monoisotopic (exact) mass is 215 g/mol. The fraction of sp³-hybridized carbons (Fsp3) is 1.00. The molecule has 1 saturated carbocycles. The minimum absolute atomic E-state index is 0.233. The second-order valence-corrected chi connectivity index (χ2v) is 4.94. The molecule has 15 heavy (non-hydrogen) atoms. The van der Waals surface area contributed by atoms with Crippen LogP contribution in [0.15, 0.2) is 0 Å². The summed E-state index contributed by atoms with van der Waals surface area (Å²) in [6.45, 7) is 5.45. The van der Waals surface area contributed by atoms with Gasteiger partial charge in [-0.15, -0.1) is 0 Å². The molecule has 0 aromatic carbocycles. The quantitative estimate of drug-likeness (QED) is 0.643. The Morgan fingerprint density at radius 2 is 2.07 bits per heavy atom. The Bertz CT molecular complexity index is 161. The highest BCUT2D eigenvalue weighted by molar-refractivity contribution is 4.90. The molecule has 90 valence electrons. The van der Waals surface area contributed by atoms with Crippen LogP contribution >= 0.6 is 0 Å². The largest absolute Gasteiger partial charge is 0.396 e. The molecule has 2 unspecified atom stereocenters. The van der Waals surface area contributed by atoms with Gasteiger partial charge in [-0.2, -0.15) is 0 Å². The van der Waals surface area contributed by atoms with Crippen molar-refractivity contribution in [1.29, 1.82) is 0 Å². The molecule has 1 aliphatic carbocycles. The third-order valence-electron chi connectivity index (χ3n) is 3.12. The van der Waals surface area contributed by atoms with Gasteiger partial charge in [0.2, 0.25) is 0 Å². The van der Waals surface area contributed by atoms with Crippen LogP contribution in [-0.2, 0) is 4.74 Å². The lowest BCUT2D eigenvalue weighted by Gasteiger charge is -2.28. The lowest BCUT2D eigenvalue weighted by Crippen LogP contribution is -2.45. The Hall–Kier alpha value is -0.120. The topological polar surface area (TPSA) is 41.5 Å². The first-order chi connectivity index (χ1) is 7.19. The van der Waals surface area contributed by atoms with Crippen molar-refractivity contribution in [2.75, 3.05) is 20.3 Å². The maximum Gasteiger partial charge on any atom is 0.0616 e. The van der Waals surface area contributed by atoms with Crippen molar-refractivity contribution in [3.05, 3.63) is 0 Å². The summed E-state index contributed by atoms with van der Waals surface area (Å²) in [5, 5.41) is 12.6. The van der Waals surface area contributed by atoms with Crippen molar-refractivity contribution < 1.29 is 9.84 Å². The van der Waals surface area contributed by atoms with E-state index in [0.29, 0.717) is 24.6 Å². The Kier molecular flexibility index (Phi) is 5.58. The van der Waals surface area contributed by atoms with E-state index in [4.69, 9.17) is 9.84 Å². The second kappa shape index (κ2) is 6.46. The first-order valence-electron chi connectivity index (χ1n) is 6.04. The highest BCUT2D eigenvalue weighted by Gasteiger charge is 2.34. The summed E-state index contributed by atoms with van der Waals surface area (Å²) in [7, 11) is 1.72. The van der Waals surface area contributed by atoms with Crippen LogP contribution in [0.4, 0.5) is 0 Å². The van der Waals surface area contributed by atoms with Gasteiger partial charge in [-0.1, -0.05) is 13.8 Å². The minimum atomic E-state index is 0.233. The second-order valence-electron chi connectivity index (χ2n) is 4.94. The van der Waals surface area contributed by atoms with E-state index < -0.39 is 0 Å². The fourth-order valence-electron chi connectivity index (χ4n) is 2.17. The third kappa shape index (κ3) is 4.49. The summed E-state index contributed by atoms with van der Waals surface area (Å²) in [5.41, 5.74) is 0. The standard InChI is InChI=1S/C12H25NO2/c1-9(2)12(10-4-5-10)13-11(6-7-14)8-15-3/h9-14H,4-8H2,1-3H3. The summed E-state index contributed by atoms with van der Waals surface area (Å²) in [6.07, 6.45) is 3.49. The fourth-order valence-corrected chi connectivity index (χ4v) is 2.17. The van der Waals surface area contributed by atoms with Gasteiger partial charge in [0.15, 0.2) is 0 Å². The minimum Gasteiger partial charge on any atom is -0.396 e. The molecule has 0 aliphatic heterocycles. The van der Waals surface area contributed by atoms with Crippen molar-refractivity contribution in [2.24, 2.45) is 11.8 Å². The van der Waals surface area contributed by atoms with Crippen molar-refractivity contribution >= 4 is 0 Å². The number of rotatable bonds is 8. The van der Waals surface area contributed by atoms with Crippen LogP contribution < -0.4 is 5.32 Å². The van der Waals surface area contributed by atoms with Gasteiger partial charge in [-0.25, -0.2) is 0 Å². The van der Waals surface area contributed by atoms with Gasteiger partial charge in [0, 0.05) is 25.8 Å². The molecule has 1 aliphatic rings. The predicted molar refractivity (Wildman–Crippen MR) is 61.9 cm³/mol. The Morgan fingerprint density at radius 3 is 2.47 bits per heavy atom. The van der Waals surface area contributed by atoms with Crippen molar-refractivity contribution in [3.8, 4) is 0 Å². The molecule has 0 radical (unpaired) electrons.